The molecule has 1 aromatic heterocycles. The van der Waals surface area contributed by atoms with E-state index in [0.717, 1.165) is 23.7 Å². The Balaban J connectivity index is 1.87. The summed E-state index contributed by atoms with van der Waals surface area (Å²) in [5.41, 5.74) is 2.50. The van der Waals surface area contributed by atoms with Gasteiger partial charge in [0.25, 0.3) is 0 Å². The van der Waals surface area contributed by atoms with Crippen molar-refractivity contribution >= 4 is 15.9 Å². The van der Waals surface area contributed by atoms with Crippen LogP contribution >= 0.6 is 15.9 Å². The van der Waals surface area contributed by atoms with Crippen molar-refractivity contribution in [3.05, 3.63) is 52.3 Å². The van der Waals surface area contributed by atoms with Crippen LogP contribution in [-0.2, 0) is 19.9 Å². The summed E-state index contributed by atoms with van der Waals surface area (Å²) in [5, 5.41) is 13.7. The van der Waals surface area contributed by atoms with Gasteiger partial charge >= 0.3 is 0 Å². The van der Waals surface area contributed by atoms with Crippen LogP contribution in [0.1, 0.15) is 17.5 Å². The Bertz CT molecular complexity index is 507. The van der Waals surface area contributed by atoms with Crippen LogP contribution in [0.15, 0.2) is 41.1 Å². The number of benzene rings is 1. The highest BCUT2D eigenvalue weighted by Crippen LogP contribution is 2.17. The van der Waals surface area contributed by atoms with Crippen LogP contribution in [0.3, 0.4) is 0 Å². The number of aromatic nitrogens is 2. The zero-order valence-corrected chi connectivity index (χ0v) is 12.7. The zero-order valence-electron chi connectivity index (χ0n) is 11.1. The third kappa shape index (κ3) is 4.48. The molecular formula is C15H19BrN2O. The second-order valence-electron chi connectivity index (χ2n) is 4.94. The Morgan fingerprint density at radius 3 is 2.58 bits per heavy atom. The van der Waals surface area contributed by atoms with E-state index >= 15 is 0 Å². The van der Waals surface area contributed by atoms with Crippen molar-refractivity contribution in [1.29, 1.82) is 0 Å². The monoisotopic (exact) mass is 322 g/mol. The smallest absolute Gasteiger partial charge is 0.0521 e. The van der Waals surface area contributed by atoms with Crippen LogP contribution in [0.25, 0.3) is 0 Å². The second-order valence-corrected chi connectivity index (χ2v) is 5.86. The van der Waals surface area contributed by atoms with E-state index < -0.39 is 0 Å². The van der Waals surface area contributed by atoms with E-state index in [9.17, 15) is 5.11 Å². The quantitative estimate of drug-likeness (QED) is 0.887. The van der Waals surface area contributed by atoms with E-state index in [1.54, 1.807) is 0 Å². The van der Waals surface area contributed by atoms with Gasteiger partial charge in [-0.2, -0.15) is 5.10 Å². The number of rotatable bonds is 6. The third-order valence-electron chi connectivity index (χ3n) is 3.30. The van der Waals surface area contributed by atoms with E-state index in [1.807, 2.05) is 36.3 Å². The summed E-state index contributed by atoms with van der Waals surface area (Å²) in [7, 11) is 1.93. The molecule has 0 saturated carbocycles. The number of halogens is 1. The number of aryl methyl sites for hydroxylation is 2. The van der Waals surface area contributed by atoms with Gasteiger partial charge in [0.05, 0.1) is 6.20 Å². The summed E-state index contributed by atoms with van der Waals surface area (Å²) >= 11 is 3.43. The summed E-state index contributed by atoms with van der Waals surface area (Å²) in [6.45, 7) is 0.232. The Kier molecular flexibility index (Phi) is 5.16. The number of hydrogen-bond donors (Lipinski definition) is 1. The summed E-state index contributed by atoms with van der Waals surface area (Å²) in [6.07, 6.45) is 6.81. The fraction of sp³-hybridized carbons (Fsp3) is 0.400. The molecule has 0 spiro atoms. The highest BCUT2D eigenvalue weighted by molar-refractivity contribution is 9.10. The number of aliphatic hydroxyl groups is 1. The molecule has 0 radical (unpaired) electrons. The molecule has 2 aromatic rings. The molecule has 3 nitrogen and oxygen atoms in total. The van der Waals surface area contributed by atoms with Crippen molar-refractivity contribution < 1.29 is 5.11 Å². The molecule has 1 heterocycles. The lowest BCUT2D eigenvalue weighted by molar-refractivity contribution is 0.218. The molecule has 1 atom stereocenters. The van der Waals surface area contributed by atoms with Gasteiger partial charge in [0.2, 0.25) is 0 Å². The minimum absolute atomic E-state index is 0.232. The first-order chi connectivity index (χ1) is 9.17. The highest BCUT2D eigenvalue weighted by Gasteiger charge is 2.09. The summed E-state index contributed by atoms with van der Waals surface area (Å²) < 4.78 is 2.91. The molecule has 0 saturated heterocycles. The first kappa shape index (κ1) is 14.3. The Morgan fingerprint density at radius 1 is 1.26 bits per heavy atom. The molecule has 0 fully saturated rings. The van der Waals surface area contributed by atoms with Gasteiger partial charge in [0.1, 0.15) is 0 Å². The largest absolute Gasteiger partial charge is 0.396 e. The maximum Gasteiger partial charge on any atom is 0.0521 e. The topological polar surface area (TPSA) is 38.0 Å². The van der Waals surface area contributed by atoms with Crippen molar-refractivity contribution in [2.24, 2.45) is 13.0 Å². The Hall–Kier alpha value is -1.13. The van der Waals surface area contributed by atoms with Crippen molar-refractivity contribution in [3.8, 4) is 0 Å². The fourth-order valence-corrected chi connectivity index (χ4v) is 2.45. The van der Waals surface area contributed by atoms with Crippen molar-refractivity contribution in [2.75, 3.05) is 6.61 Å². The van der Waals surface area contributed by atoms with Crippen LogP contribution in [0, 0.1) is 5.92 Å². The zero-order chi connectivity index (χ0) is 13.7. The molecule has 4 heteroatoms. The average Bonchev–Trinajstić information content (AvgIpc) is 2.82. The van der Waals surface area contributed by atoms with E-state index in [0.29, 0.717) is 5.92 Å². The van der Waals surface area contributed by atoms with Crippen LogP contribution in [0.5, 0.6) is 0 Å². The molecule has 0 aliphatic heterocycles. The molecule has 2 rings (SSSR count). The van der Waals surface area contributed by atoms with Crippen molar-refractivity contribution in [2.45, 2.75) is 19.3 Å². The Morgan fingerprint density at radius 2 is 2.00 bits per heavy atom. The average molecular weight is 323 g/mol. The fourth-order valence-electron chi connectivity index (χ4n) is 2.18. The predicted octanol–water partition coefficient (Wildman–Crippen LogP) is 2.97. The standard InChI is InChI=1S/C15H19BrN2O/c1-18-10-14(9-17-18)3-2-13(11-19)8-12-4-6-15(16)7-5-12/h4-7,9-10,13,19H,2-3,8,11H2,1H3. The molecule has 1 N–H and O–H groups in total. The van der Waals surface area contributed by atoms with Crippen LogP contribution in [0.2, 0.25) is 0 Å². The first-order valence-corrected chi connectivity index (χ1v) is 7.29. The first-order valence-electron chi connectivity index (χ1n) is 6.50. The number of nitrogens with zero attached hydrogens (tertiary/aromatic N) is 2. The molecule has 0 amide bonds. The highest BCUT2D eigenvalue weighted by atomic mass is 79.9. The molecule has 0 aliphatic carbocycles. The summed E-state index contributed by atoms with van der Waals surface area (Å²) in [6, 6.07) is 8.31. The van der Waals surface area contributed by atoms with Gasteiger partial charge in [-0.05, 0) is 48.4 Å². The molecule has 1 unspecified atom stereocenters. The lowest BCUT2D eigenvalue weighted by Crippen LogP contribution is -2.10. The van der Waals surface area contributed by atoms with Gasteiger partial charge in [-0.15, -0.1) is 0 Å². The van der Waals surface area contributed by atoms with Crippen LogP contribution < -0.4 is 0 Å². The van der Waals surface area contributed by atoms with Gasteiger partial charge < -0.3 is 5.11 Å². The van der Waals surface area contributed by atoms with Gasteiger partial charge in [0, 0.05) is 24.3 Å². The van der Waals surface area contributed by atoms with E-state index in [-0.39, 0.29) is 6.61 Å². The summed E-state index contributed by atoms with van der Waals surface area (Å²) in [5.74, 6) is 0.307. The SMILES string of the molecule is Cn1cc(CCC(CO)Cc2ccc(Br)cc2)cn1. The number of hydrogen-bond acceptors (Lipinski definition) is 2. The molecule has 19 heavy (non-hydrogen) atoms. The van der Waals surface area contributed by atoms with Gasteiger partial charge in [-0.3, -0.25) is 4.68 Å². The van der Waals surface area contributed by atoms with Gasteiger partial charge in [-0.1, -0.05) is 28.1 Å². The predicted molar refractivity (Wildman–Crippen MR) is 80.0 cm³/mol. The minimum Gasteiger partial charge on any atom is -0.396 e. The van der Waals surface area contributed by atoms with E-state index in [1.165, 1.54) is 11.1 Å². The normalized spacial score (nSPS) is 12.6. The lowest BCUT2D eigenvalue weighted by atomic mass is 9.94. The van der Waals surface area contributed by atoms with Crippen LogP contribution in [0.4, 0.5) is 0 Å². The van der Waals surface area contributed by atoms with E-state index in [4.69, 9.17) is 0 Å². The summed E-state index contributed by atoms with van der Waals surface area (Å²) in [4.78, 5) is 0. The number of aliphatic hydroxyl groups excluding tert-OH is 1. The van der Waals surface area contributed by atoms with Crippen molar-refractivity contribution in [3.63, 3.8) is 0 Å². The lowest BCUT2D eigenvalue weighted by Gasteiger charge is -2.13. The van der Waals surface area contributed by atoms with E-state index in [2.05, 4.69) is 33.2 Å². The molecule has 102 valence electrons. The maximum absolute atomic E-state index is 9.50. The third-order valence-corrected chi connectivity index (χ3v) is 3.82. The Labute approximate surface area is 122 Å². The molecule has 0 aliphatic rings. The maximum atomic E-state index is 9.50. The molecular weight excluding hydrogens is 304 g/mol. The van der Waals surface area contributed by atoms with Crippen molar-refractivity contribution in [1.82, 2.24) is 9.78 Å². The molecule has 1 aromatic carbocycles. The second kappa shape index (κ2) is 6.87. The van der Waals surface area contributed by atoms with Gasteiger partial charge in [0.15, 0.2) is 0 Å². The minimum atomic E-state index is 0.232. The molecule has 0 bridgehead atoms. The van der Waals surface area contributed by atoms with Crippen LogP contribution in [-0.4, -0.2) is 21.5 Å². The van der Waals surface area contributed by atoms with Gasteiger partial charge in [-0.25, -0.2) is 0 Å².